The summed E-state index contributed by atoms with van der Waals surface area (Å²) in [4.78, 5) is 0. The maximum absolute atomic E-state index is 9.73. The van der Waals surface area contributed by atoms with E-state index in [1.54, 1.807) is 6.92 Å². The fraction of sp³-hybridized carbons (Fsp3) is 0.571. The maximum atomic E-state index is 9.73. The first-order chi connectivity index (χ1) is 7.85. The minimum Gasteiger partial charge on any atom is -0.393 e. The molecule has 0 saturated carbocycles. The molecule has 0 spiro atoms. The highest BCUT2D eigenvalue weighted by atomic mass is 16.3. The lowest BCUT2D eigenvalue weighted by atomic mass is 9.99. The van der Waals surface area contributed by atoms with Crippen molar-refractivity contribution in [2.75, 3.05) is 13.2 Å². The first kappa shape index (κ1) is 14.2. The number of benzene rings is 1. The van der Waals surface area contributed by atoms with E-state index in [4.69, 9.17) is 5.11 Å². The zero-order valence-corrected chi connectivity index (χ0v) is 11.1. The van der Waals surface area contributed by atoms with Gasteiger partial charge in [-0.05, 0) is 38.8 Å². The average Bonchev–Trinajstić information content (AvgIpc) is 2.29. The van der Waals surface area contributed by atoms with Crippen LogP contribution in [0.1, 0.15) is 36.6 Å². The van der Waals surface area contributed by atoms with Crippen molar-refractivity contribution < 1.29 is 10.2 Å². The van der Waals surface area contributed by atoms with E-state index in [2.05, 4.69) is 44.3 Å². The van der Waals surface area contributed by atoms with Crippen LogP contribution in [0.4, 0.5) is 0 Å². The van der Waals surface area contributed by atoms with Crippen molar-refractivity contribution in [3.8, 4) is 0 Å². The van der Waals surface area contributed by atoms with Gasteiger partial charge in [0.1, 0.15) is 0 Å². The molecule has 0 amide bonds. The van der Waals surface area contributed by atoms with E-state index >= 15 is 0 Å². The Morgan fingerprint density at radius 3 is 2.59 bits per heavy atom. The van der Waals surface area contributed by atoms with Gasteiger partial charge in [0, 0.05) is 12.6 Å². The minimum absolute atomic E-state index is 0.160. The Hall–Kier alpha value is -0.900. The van der Waals surface area contributed by atoms with Crippen LogP contribution in [-0.4, -0.2) is 29.0 Å². The van der Waals surface area contributed by atoms with Gasteiger partial charge in [-0.2, -0.15) is 0 Å². The van der Waals surface area contributed by atoms with E-state index < -0.39 is 5.60 Å². The molecule has 0 aliphatic rings. The predicted molar refractivity (Wildman–Crippen MR) is 70.0 cm³/mol. The van der Waals surface area contributed by atoms with Crippen molar-refractivity contribution in [2.24, 2.45) is 0 Å². The quantitative estimate of drug-likeness (QED) is 0.730. The highest BCUT2D eigenvalue weighted by Gasteiger charge is 2.20. The highest BCUT2D eigenvalue weighted by Crippen LogP contribution is 2.19. The molecule has 0 fully saturated rings. The SMILES string of the molecule is Cc1ccc(C)c(C(C)NCC(C)(O)CO)c1. The van der Waals surface area contributed by atoms with Crippen molar-refractivity contribution in [1.29, 1.82) is 0 Å². The van der Waals surface area contributed by atoms with E-state index in [-0.39, 0.29) is 12.6 Å². The Morgan fingerprint density at radius 2 is 2.00 bits per heavy atom. The molecule has 0 aromatic heterocycles. The molecule has 0 radical (unpaired) electrons. The van der Waals surface area contributed by atoms with E-state index in [1.807, 2.05) is 0 Å². The van der Waals surface area contributed by atoms with Gasteiger partial charge in [-0.25, -0.2) is 0 Å². The van der Waals surface area contributed by atoms with Crippen LogP contribution in [0.2, 0.25) is 0 Å². The molecule has 2 atom stereocenters. The Balaban J connectivity index is 2.70. The third-order valence-electron chi connectivity index (χ3n) is 3.03. The second kappa shape index (κ2) is 5.63. The molecule has 1 aromatic rings. The molecule has 17 heavy (non-hydrogen) atoms. The molecule has 0 aliphatic carbocycles. The molecule has 0 aliphatic heterocycles. The van der Waals surface area contributed by atoms with Gasteiger partial charge < -0.3 is 15.5 Å². The molecule has 1 rings (SSSR count). The molecule has 1 aromatic carbocycles. The normalized spacial score (nSPS) is 16.6. The van der Waals surface area contributed by atoms with Gasteiger partial charge in [-0.3, -0.25) is 0 Å². The summed E-state index contributed by atoms with van der Waals surface area (Å²) in [5, 5.41) is 22.0. The second-order valence-electron chi connectivity index (χ2n) is 5.12. The summed E-state index contributed by atoms with van der Waals surface area (Å²) in [6, 6.07) is 6.51. The zero-order chi connectivity index (χ0) is 13.1. The van der Waals surface area contributed by atoms with Crippen molar-refractivity contribution in [3.05, 3.63) is 34.9 Å². The van der Waals surface area contributed by atoms with Crippen LogP contribution in [0.5, 0.6) is 0 Å². The van der Waals surface area contributed by atoms with E-state index in [0.717, 1.165) is 0 Å². The largest absolute Gasteiger partial charge is 0.393 e. The van der Waals surface area contributed by atoms with Gasteiger partial charge in [0.2, 0.25) is 0 Å². The monoisotopic (exact) mass is 237 g/mol. The van der Waals surface area contributed by atoms with Gasteiger partial charge in [0.15, 0.2) is 0 Å². The van der Waals surface area contributed by atoms with Gasteiger partial charge in [-0.1, -0.05) is 23.8 Å². The summed E-state index contributed by atoms with van der Waals surface area (Å²) < 4.78 is 0. The van der Waals surface area contributed by atoms with Gasteiger partial charge in [0.25, 0.3) is 0 Å². The molecule has 3 heteroatoms. The zero-order valence-electron chi connectivity index (χ0n) is 11.1. The van der Waals surface area contributed by atoms with Crippen molar-refractivity contribution in [3.63, 3.8) is 0 Å². The smallest absolute Gasteiger partial charge is 0.0973 e. The molecule has 0 saturated heterocycles. The van der Waals surface area contributed by atoms with Crippen LogP contribution in [0.25, 0.3) is 0 Å². The Bertz CT molecular complexity index is 374. The molecule has 0 heterocycles. The molecule has 3 N–H and O–H groups in total. The molecule has 2 unspecified atom stereocenters. The van der Waals surface area contributed by atoms with Crippen molar-refractivity contribution >= 4 is 0 Å². The number of nitrogens with one attached hydrogen (secondary N) is 1. The summed E-state index contributed by atoms with van der Waals surface area (Å²) in [6.07, 6.45) is 0. The molecular formula is C14H23NO2. The number of aliphatic hydroxyl groups is 2. The van der Waals surface area contributed by atoms with Crippen molar-refractivity contribution in [2.45, 2.75) is 39.3 Å². The number of hydrogen-bond donors (Lipinski definition) is 3. The van der Waals surface area contributed by atoms with Gasteiger partial charge in [-0.15, -0.1) is 0 Å². The van der Waals surface area contributed by atoms with E-state index in [0.29, 0.717) is 6.54 Å². The third-order valence-corrected chi connectivity index (χ3v) is 3.03. The Labute approximate surface area is 103 Å². The maximum Gasteiger partial charge on any atom is 0.0973 e. The first-order valence-corrected chi connectivity index (χ1v) is 5.99. The Morgan fingerprint density at radius 1 is 1.35 bits per heavy atom. The Kier molecular flexibility index (Phi) is 4.69. The van der Waals surface area contributed by atoms with Crippen LogP contribution in [-0.2, 0) is 0 Å². The lowest BCUT2D eigenvalue weighted by Gasteiger charge is -2.25. The number of hydrogen-bond acceptors (Lipinski definition) is 3. The van der Waals surface area contributed by atoms with E-state index in [9.17, 15) is 5.11 Å². The number of aryl methyl sites for hydroxylation is 2. The molecule has 3 nitrogen and oxygen atoms in total. The fourth-order valence-corrected chi connectivity index (χ4v) is 1.77. The lowest BCUT2D eigenvalue weighted by molar-refractivity contribution is 0.00105. The van der Waals surface area contributed by atoms with Crippen molar-refractivity contribution in [1.82, 2.24) is 5.32 Å². The average molecular weight is 237 g/mol. The van der Waals surface area contributed by atoms with Crippen LogP contribution in [0.15, 0.2) is 18.2 Å². The standard InChI is InChI=1S/C14H23NO2/c1-10-5-6-11(2)13(7-10)12(3)15-8-14(4,17)9-16/h5-7,12,15-17H,8-9H2,1-4H3. The van der Waals surface area contributed by atoms with Gasteiger partial charge >= 0.3 is 0 Å². The van der Waals surface area contributed by atoms with Crippen LogP contribution in [0.3, 0.4) is 0 Å². The topological polar surface area (TPSA) is 52.5 Å². The molecular weight excluding hydrogens is 214 g/mol. The van der Waals surface area contributed by atoms with Crippen LogP contribution >= 0.6 is 0 Å². The summed E-state index contributed by atoms with van der Waals surface area (Å²) >= 11 is 0. The summed E-state index contributed by atoms with van der Waals surface area (Å²) in [6.45, 7) is 7.97. The number of rotatable bonds is 5. The summed E-state index contributed by atoms with van der Waals surface area (Å²) in [5.41, 5.74) is 2.64. The van der Waals surface area contributed by atoms with Gasteiger partial charge in [0.05, 0.1) is 12.2 Å². The number of aliphatic hydroxyl groups excluding tert-OH is 1. The molecule has 0 bridgehead atoms. The fourth-order valence-electron chi connectivity index (χ4n) is 1.77. The van der Waals surface area contributed by atoms with Crippen LogP contribution in [0, 0.1) is 13.8 Å². The lowest BCUT2D eigenvalue weighted by Crippen LogP contribution is -2.41. The third kappa shape index (κ3) is 4.11. The molecule has 96 valence electrons. The van der Waals surface area contributed by atoms with E-state index in [1.165, 1.54) is 16.7 Å². The second-order valence-corrected chi connectivity index (χ2v) is 5.12. The summed E-state index contributed by atoms with van der Waals surface area (Å²) in [5.74, 6) is 0. The highest BCUT2D eigenvalue weighted by molar-refractivity contribution is 5.32. The first-order valence-electron chi connectivity index (χ1n) is 5.99. The van der Waals surface area contributed by atoms with Crippen LogP contribution < -0.4 is 5.32 Å². The minimum atomic E-state index is -1.06. The predicted octanol–water partition coefficient (Wildman–Crippen LogP) is 1.70. The summed E-state index contributed by atoms with van der Waals surface area (Å²) in [7, 11) is 0.